The highest BCUT2D eigenvalue weighted by Crippen LogP contribution is 2.30. The molecule has 7 heteroatoms. The number of aromatic nitrogens is 2. The van der Waals surface area contributed by atoms with Crippen molar-refractivity contribution < 1.29 is 4.39 Å². The molecule has 1 aromatic carbocycles. The van der Waals surface area contributed by atoms with Gasteiger partial charge in [0, 0.05) is 36.3 Å². The van der Waals surface area contributed by atoms with Gasteiger partial charge in [-0.25, -0.2) is 13.8 Å². The molecule has 0 unspecified atom stereocenters. The lowest BCUT2D eigenvalue weighted by Crippen LogP contribution is -2.27. The lowest BCUT2D eigenvalue weighted by molar-refractivity contribution is 0.627. The van der Waals surface area contributed by atoms with E-state index in [4.69, 9.17) is 4.98 Å². The fourth-order valence-corrected chi connectivity index (χ4v) is 4.73. The summed E-state index contributed by atoms with van der Waals surface area (Å²) in [6.45, 7) is 7.35. The average molecular weight is 386 g/mol. The number of halogens is 1. The van der Waals surface area contributed by atoms with E-state index in [1.165, 1.54) is 25.0 Å². The van der Waals surface area contributed by atoms with Crippen LogP contribution in [-0.4, -0.2) is 29.0 Å². The molecule has 0 bridgehead atoms. The fourth-order valence-electron chi connectivity index (χ4n) is 3.72. The molecule has 2 aromatic heterocycles. The first-order chi connectivity index (χ1) is 13.1. The topological polar surface area (TPSA) is 40.9 Å². The maximum absolute atomic E-state index is 13.2. The summed E-state index contributed by atoms with van der Waals surface area (Å²) in [6, 6.07) is 8.05. The molecule has 5 nitrogen and oxygen atoms in total. The molecule has 1 aliphatic rings. The second-order valence-corrected chi connectivity index (χ2v) is 8.05. The number of nitrogens with zero attached hydrogens (tertiary/aromatic N) is 4. The van der Waals surface area contributed by atoms with Crippen LogP contribution in [0.1, 0.15) is 30.3 Å². The van der Waals surface area contributed by atoms with Crippen molar-refractivity contribution in [2.24, 2.45) is 0 Å². The van der Waals surface area contributed by atoms with Gasteiger partial charge >= 0.3 is 0 Å². The lowest BCUT2D eigenvalue weighted by Gasteiger charge is -2.22. The van der Waals surface area contributed by atoms with Crippen molar-refractivity contribution in [3.8, 4) is 0 Å². The Balaban J connectivity index is 1.69. The summed E-state index contributed by atoms with van der Waals surface area (Å²) >= 11 is 1.57. The molecule has 1 saturated heterocycles. The fraction of sp³-hybridized carbons (Fsp3) is 0.400. The first-order valence-corrected chi connectivity index (χ1v) is 10.2. The Hall–Kier alpha value is -2.41. The lowest BCUT2D eigenvalue weighted by atomic mass is 10.2. The van der Waals surface area contributed by atoms with Crippen LogP contribution in [0.3, 0.4) is 0 Å². The Kier molecular flexibility index (Phi) is 4.86. The van der Waals surface area contributed by atoms with E-state index in [0.717, 1.165) is 46.7 Å². The second-order valence-electron chi connectivity index (χ2n) is 6.87. The summed E-state index contributed by atoms with van der Waals surface area (Å²) in [5, 5.41) is 0. The molecule has 0 saturated carbocycles. The van der Waals surface area contributed by atoms with Crippen molar-refractivity contribution in [1.29, 1.82) is 0 Å². The number of aryl methyl sites for hydroxylation is 1. The molecule has 1 aliphatic heterocycles. The predicted molar refractivity (Wildman–Crippen MR) is 109 cm³/mol. The molecular formula is C20H23FN4OS. The Morgan fingerprint density at radius 2 is 1.93 bits per heavy atom. The van der Waals surface area contributed by atoms with E-state index in [2.05, 4.69) is 16.7 Å². The zero-order valence-electron chi connectivity index (χ0n) is 15.6. The molecular weight excluding hydrogens is 363 g/mol. The smallest absolute Gasteiger partial charge is 0.260 e. The number of fused-ring (bicyclic) bond motifs is 1. The van der Waals surface area contributed by atoms with Crippen molar-refractivity contribution in [3.63, 3.8) is 0 Å². The summed E-state index contributed by atoms with van der Waals surface area (Å²) < 4.78 is 15.0. The Morgan fingerprint density at radius 3 is 2.59 bits per heavy atom. The first kappa shape index (κ1) is 18.0. The maximum Gasteiger partial charge on any atom is 0.260 e. The van der Waals surface area contributed by atoms with Gasteiger partial charge in [-0.2, -0.15) is 0 Å². The van der Waals surface area contributed by atoms with Gasteiger partial charge in [-0.1, -0.05) is 11.3 Å². The number of rotatable bonds is 5. The molecule has 3 aromatic rings. The van der Waals surface area contributed by atoms with E-state index >= 15 is 0 Å². The Morgan fingerprint density at radius 1 is 1.22 bits per heavy atom. The van der Waals surface area contributed by atoms with Crippen LogP contribution in [0, 0.1) is 12.7 Å². The summed E-state index contributed by atoms with van der Waals surface area (Å²) in [6.07, 6.45) is 2.33. The van der Waals surface area contributed by atoms with Crippen molar-refractivity contribution >= 4 is 27.8 Å². The standard InChI is InChI=1S/C20H23FN4OS/c1-3-23(17-8-6-15(21)7-9-17)13-16-12-18(26)25-19(24-10-4-5-11-24)14(2)27-20(25)22-16/h6-9,12H,3-5,10-11,13H2,1-2H3. The average Bonchev–Trinajstić information content (AvgIpc) is 3.27. The number of hydrogen-bond donors (Lipinski definition) is 0. The monoisotopic (exact) mass is 386 g/mol. The third-order valence-corrected chi connectivity index (χ3v) is 5.99. The zero-order chi connectivity index (χ0) is 19.0. The SMILES string of the molecule is CCN(Cc1cc(=O)n2c(N3CCCC3)c(C)sc2n1)c1ccc(F)cc1. The van der Waals surface area contributed by atoms with Gasteiger partial charge in [0.25, 0.3) is 5.56 Å². The summed E-state index contributed by atoms with van der Waals surface area (Å²) in [5.74, 6) is 0.749. The first-order valence-electron chi connectivity index (χ1n) is 9.34. The van der Waals surface area contributed by atoms with Crippen molar-refractivity contribution in [2.75, 3.05) is 29.4 Å². The molecule has 142 valence electrons. The molecule has 0 radical (unpaired) electrons. The summed E-state index contributed by atoms with van der Waals surface area (Å²) in [7, 11) is 0. The van der Waals surface area contributed by atoms with E-state index in [1.54, 1.807) is 33.9 Å². The van der Waals surface area contributed by atoms with Gasteiger partial charge in [-0.3, -0.25) is 4.79 Å². The van der Waals surface area contributed by atoms with Gasteiger partial charge in [0.05, 0.1) is 12.2 Å². The van der Waals surface area contributed by atoms with Gasteiger partial charge < -0.3 is 9.80 Å². The van der Waals surface area contributed by atoms with Gasteiger partial charge in [-0.15, -0.1) is 0 Å². The minimum Gasteiger partial charge on any atom is -0.366 e. The number of thiazole rings is 1. The Labute approximate surface area is 161 Å². The molecule has 4 rings (SSSR count). The van der Waals surface area contributed by atoms with Crippen molar-refractivity contribution in [2.45, 2.75) is 33.2 Å². The molecule has 3 heterocycles. The number of hydrogen-bond acceptors (Lipinski definition) is 5. The minimum absolute atomic E-state index is 0.0311. The third-order valence-electron chi connectivity index (χ3n) is 5.04. The van der Waals surface area contributed by atoms with Crippen LogP contribution in [-0.2, 0) is 6.54 Å². The van der Waals surface area contributed by atoms with Crippen LogP contribution in [0.25, 0.3) is 4.96 Å². The van der Waals surface area contributed by atoms with Crippen LogP contribution in [0.15, 0.2) is 35.1 Å². The van der Waals surface area contributed by atoms with Crippen molar-refractivity contribution in [3.05, 3.63) is 57.1 Å². The highest BCUT2D eigenvalue weighted by Gasteiger charge is 2.21. The van der Waals surface area contributed by atoms with E-state index in [9.17, 15) is 9.18 Å². The van der Waals surface area contributed by atoms with E-state index in [0.29, 0.717) is 6.54 Å². The highest BCUT2D eigenvalue weighted by atomic mass is 32.1. The molecule has 1 fully saturated rings. The van der Waals surface area contributed by atoms with Crippen LogP contribution in [0.5, 0.6) is 0 Å². The molecule has 0 aliphatic carbocycles. The van der Waals surface area contributed by atoms with E-state index in [-0.39, 0.29) is 11.4 Å². The number of benzene rings is 1. The van der Waals surface area contributed by atoms with Gasteiger partial charge in [-0.05, 0) is 51.0 Å². The zero-order valence-corrected chi connectivity index (χ0v) is 16.4. The van der Waals surface area contributed by atoms with Gasteiger partial charge in [0.15, 0.2) is 4.96 Å². The molecule has 0 amide bonds. The quantitative estimate of drug-likeness (QED) is 0.668. The molecule has 0 atom stereocenters. The number of anilines is 2. The minimum atomic E-state index is -0.254. The van der Waals surface area contributed by atoms with Crippen molar-refractivity contribution in [1.82, 2.24) is 9.38 Å². The Bertz CT molecular complexity index is 1010. The van der Waals surface area contributed by atoms with E-state index in [1.807, 2.05) is 6.92 Å². The third kappa shape index (κ3) is 3.43. The largest absolute Gasteiger partial charge is 0.366 e. The van der Waals surface area contributed by atoms with Gasteiger partial charge in [0.1, 0.15) is 11.6 Å². The second kappa shape index (κ2) is 7.31. The summed E-state index contributed by atoms with van der Waals surface area (Å²) in [5.41, 5.74) is 1.62. The van der Waals surface area contributed by atoms with Crippen LogP contribution >= 0.6 is 11.3 Å². The maximum atomic E-state index is 13.2. The normalized spacial score (nSPS) is 14.3. The molecule has 27 heavy (non-hydrogen) atoms. The van der Waals surface area contributed by atoms with Crippen LogP contribution in [0.4, 0.5) is 15.9 Å². The molecule has 0 spiro atoms. The van der Waals surface area contributed by atoms with Gasteiger partial charge in [0.2, 0.25) is 0 Å². The predicted octanol–water partition coefficient (Wildman–Crippen LogP) is 3.83. The molecule has 0 N–H and O–H groups in total. The highest BCUT2D eigenvalue weighted by molar-refractivity contribution is 7.17. The summed E-state index contributed by atoms with van der Waals surface area (Å²) in [4.78, 5) is 23.9. The van der Waals surface area contributed by atoms with Crippen LogP contribution < -0.4 is 15.4 Å². The van der Waals surface area contributed by atoms with E-state index < -0.39 is 0 Å². The van der Waals surface area contributed by atoms with Crippen LogP contribution in [0.2, 0.25) is 0 Å².